The van der Waals surface area contributed by atoms with Crippen LogP contribution in [-0.2, 0) is 6.54 Å². The molecule has 2 aromatic carbocycles. The molecule has 0 unspecified atom stereocenters. The molecule has 0 spiro atoms. The number of nitrogens with zero attached hydrogens (tertiary/aromatic N) is 4. The first-order valence-corrected chi connectivity index (χ1v) is 12.2. The monoisotopic (exact) mass is 511 g/mol. The van der Waals surface area contributed by atoms with Gasteiger partial charge in [0.2, 0.25) is 5.89 Å². The lowest BCUT2D eigenvalue weighted by Gasteiger charge is -2.15. The molecule has 1 aliphatic rings. The molecule has 3 heterocycles. The van der Waals surface area contributed by atoms with E-state index >= 15 is 0 Å². The van der Waals surface area contributed by atoms with Crippen LogP contribution in [0.25, 0.3) is 22.8 Å². The molecule has 1 fully saturated rings. The van der Waals surface area contributed by atoms with Crippen LogP contribution < -0.4 is 10.1 Å². The second-order valence-corrected chi connectivity index (χ2v) is 9.11. The van der Waals surface area contributed by atoms with Gasteiger partial charge in [0.05, 0.1) is 6.54 Å². The summed E-state index contributed by atoms with van der Waals surface area (Å²) in [5.74, 6) is 0.0465. The molecule has 1 aliphatic heterocycles. The Morgan fingerprint density at radius 1 is 1.00 bits per heavy atom. The zero-order chi connectivity index (χ0) is 25.8. The van der Waals surface area contributed by atoms with Gasteiger partial charge in [-0.15, -0.1) is 13.2 Å². The van der Waals surface area contributed by atoms with Gasteiger partial charge in [-0.25, -0.2) is 4.98 Å². The van der Waals surface area contributed by atoms with Crippen LogP contribution in [0.4, 0.5) is 18.9 Å². The van der Waals surface area contributed by atoms with Gasteiger partial charge in [0.1, 0.15) is 23.4 Å². The Hall–Kier alpha value is -3.79. The molecular formula is C27H28F3N5O2. The minimum atomic E-state index is -4.73. The van der Waals surface area contributed by atoms with Gasteiger partial charge >= 0.3 is 6.36 Å². The lowest BCUT2D eigenvalue weighted by molar-refractivity contribution is -0.274. The summed E-state index contributed by atoms with van der Waals surface area (Å²) in [6, 6.07) is 15.7. The van der Waals surface area contributed by atoms with E-state index < -0.39 is 6.36 Å². The molecule has 1 saturated heterocycles. The number of hydrogen-bond acceptors (Lipinski definition) is 6. The van der Waals surface area contributed by atoms with Gasteiger partial charge in [0, 0.05) is 30.0 Å². The predicted octanol–water partition coefficient (Wildman–Crippen LogP) is 5.97. The van der Waals surface area contributed by atoms with Gasteiger partial charge < -0.3 is 19.4 Å². The Bertz CT molecular complexity index is 1310. The second-order valence-electron chi connectivity index (χ2n) is 9.11. The first-order chi connectivity index (χ1) is 17.8. The van der Waals surface area contributed by atoms with Crippen molar-refractivity contribution >= 4 is 5.69 Å². The lowest BCUT2D eigenvalue weighted by Crippen LogP contribution is -2.25. The van der Waals surface area contributed by atoms with E-state index in [-0.39, 0.29) is 5.75 Å². The fraction of sp³-hybridized carbons (Fsp3) is 0.333. The van der Waals surface area contributed by atoms with Crippen LogP contribution in [0.1, 0.15) is 24.1 Å². The molecule has 194 valence electrons. The number of alkyl halides is 3. The van der Waals surface area contributed by atoms with Crippen LogP contribution in [0.5, 0.6) is 5.75 Å². The van der Waals surface area contributed by atoms with Gasteiger partial charge in [0.15, 0.2) is 0 Å². The molecule has 5 rings (SSSR count). The molecule has 10 heteroatoms. The molecule has 0 saturated carbocycles. The maximum absolute atomic E-state index is 12.4. The zero-order valence-electron chi connectivity index (χ0n) is 20.5. The van der Waals surface area contributed by atoms with E-state index in [1.54, 1.807) is 0 Å². The largest absolute Gasteiger partial charge is 0.573 e. The summed E-state index contributed by atoms with van der Waals surface area (Å²) < 4.78 is 48.5. The number of hydrogen-bond donors (Lipinski definition) is 1. The van der Waals surface area contributed by atoms with Gasteiger partial charge in [-0.05, 0) is 80.9 Å². The molecule has 0 bridgehead atoms. The zero-order valence-corrected chi connectivity index (χ0v) is 20.5. The standard InChI is InChI=1S/C27H28F3N5O2/c1-19-16-24(26-32-25(18-36-26)21-6-10-23(11-7-21)37-27(28,29)30)33-35(19)17-20-4-8-22(9-5-20)31-12-15-34-13-2-3-14-34/h4-11,16,18,31H,2-3,12-15,17H2,1H3. The number of oxazole rings is 1. The van der Waals surface area contributed by atoms with Crippen molar-refractivity contribution in [2.45, 2.75) is 32.7 Å². The number of rotatable bonds is 9. The SMILES string of the molecule is Cc1cc(-c2nc(-c3ccc(OC(F)(F)F)cc3)co2)nn1Cc1ccc(NCCN2CCCC2)cc1. The van der Waals surface area contributed by atoms with Crippen LogP contribution in [0.3, 0.4) is 0 Å². The van der Waals surface area contributed by atoms with Crippen LogP contribution in [0.15, 0.2) is 65.3 Å². The van der Waals surface area contributed by atoms with Gasteiger partial charge in [-0.1, -0.05) is 12.1 Å². The predicted molar refractivity (Wildman–Crippen MR) is 134 cm³/mol. The van der Waals surface area contributed by atoms with Crippen molar-refractivity contribution in [3.8, 4) is 28.6 Å². The Morgan fingerprint density at radius 2 is 1.73 bits per heavy atom. The van der Waals surface area contributed by atoms with Gasteiger partial charge in [0.25, 0.3) is 0 Å². The normalized spacial score (nSPS) is 14.3. The van der Waals surface area contributed by atoms with Crippen LogP contribution in [0, 0.1) is 6.92 Å². The van der Waals surface area contributed by atoms with Crippen LogP contribution >= 0.6 is 0 Å². The summed E-state index contributed by atoms with van der Waals surface area (Å²) in [5.41, 5.74) is 4.86. The molecule has 0 atom stereocenters. The molecular weight excluding hydrogens is 483 g/mol. The van der Waals surface area contributed by atoms with Crippen LogP contribution in [0.2, 0.25) is 0 Å². The maximum atomic E-state index is 12.4. The third-order valence-electron chi connectivity index (χ3n) is 6.33. The second kappa shape index (κ2) is 10.7. The number of aryl methyl sites for hydroxylation is 1. The van der Waals surface area contributed by atoms with E-state index in [4.69, 9.17) is 4.42 Å². The number of ether oxygens (including phenoxy) is 1. The fourth-order valence-corrected chi connectivity index (χ4v) is 4.39. The first kappa shape index (κ1) is 24.9. The van der Waals surface area contributed by atoms with E-state index in [0.29, 0.717) is 29.4 Å². The van der Waals surface area contributed by atoms with Gasteiger partial charge in [-0.3, -0.25) is 4.68 Å². The number of aromatic nitrogens is 3. The quantitative estimate of drug-likeness (QED) is 0.299. The first-order valence-electron chi connectivity index (χ1n) is 12.2. The highest BCUT2D eigenvalue weighted by molar-refractivity contribution is 5.62. The number of halogens is 3. The average molecular weight is 512 g/mol. The number of anilines is 1. The van der Waals surface area contributed by atoms with E-state index in [2.05, 4.69) is 49.3 Å². The number of nitrogens with one attached hydrogen (secondary N) is 1. The van der Waals surface area contributed by atoms with Crippen molar-refractivity contribution in [2.24, 2.45) is 0 Å². The van der Waals surface area contributed by atoms with Crippen molar-refractivity contribution in [2.75, 3.05) is 31.5 Å². The Morgan fingerprint density at radius 3 is 2.43 bits per heavy atom. The smallest absolute Gasteiger partial charge is 0.443 e. The average Bonchev–Trinajstić information content (AvgIpc) is 3.62. The highest BCUT2D eigenvalue weighted by Crippen LogP contribution is 2.28. The third-order valence-corrected chi connectivity index (χ3v) is 6.33. The summed E-state index contributed by atoms with van der Waals surface area (Å²) in [7, 11) is 0. The Balaban J connectivity index is 1.20. The highest BCUT2D eigenvalue weighted by atomic mass is 19.4. The van der Waals surface area contributed by atoms with E-state index in [1.807, 2.05) is 17.7 Å². The minimum absolute atomic E-state index is 0.291. The Kier molecular flexibility index (Phi) is 7.18. The van der Waals surface area contributed by atoms with E-state index in [1.165, 1.54) is 56.5 Å². The lowest BCUT2D eigenvalue weighted by atomic mass is 10.2. The van der Waals surface area contributed by atoms with Crippen molar-refractivity contribution in [1.82, 2.24) is 19.7 Å². The van der Waals surface area contributed by atoms with Crippen molar-refractivity contribution in [3.05, 3.63) is 72.1 Å². The maximum Gasteiger partial charge on any atom is 0.573 e. The molecule has 2 aromatic heterocycles. The van der Waals surface area contributed by atoms with Crippen molar-refractivity contribution in [1.29, 1.82) is 0 Å². The molecule has 4 aromatic rings. The molecule has 0 aliphatic carbocycles. The summed E-state index contributed by atoms with van der Waals surface area (Å²) >= 11 is 0. The molecule has 7 nitrogen and oxygen atoms in total. The molecule has 1 N–H and O–H groups in total. The number of likely N-dealkylation sites (tertiary alicyclic amines) is 1. The summed E-state index contributed by atoms with van der Waals surface area (Å²) in [5, 5.41) is 8.13. The van der Waals surface area contributed by atoms with Crippen molar-refractivity contribution < 1.29 is 22.3 Å². The van der Waals surface area contributed by atoms with E-state index in [9.17, 15) is 13.2 Å². The molecule has 0 amide bonds. The summed E-state index contributed by atoms with van der Waals surface area (Å²) in [6.07, 6.45) is -0.666. The minimum Gasteiger partial charge on any atom is -0.443 e. The topological polar surface area (TPSA) is 68.3 Å². The summed E-state index contributed by atoms with van der Waals surface area (Å²) in [6.45, 7) is 6.98. The number of benzene rings is 2. The van der Waals surface area contributed by atoms with Gasteiger partial charge in [-0.2, -0.15) is 5.10 Å². The fourth-order valence-electron chi connectivity index (χ4n) is 4.39. The third kappa shape index (κ3) is 6.51. The molecule has 0 radical (unpaired) electrons. The van der Waals surface area contributed by atoms with Crippen molar-refractivity contribution in [3.63, 3.8) is 0 Å². The Labute approximate surface area is 212 Å². The summed E-state index contributed by atoms with van der Waals surface area (Å²) in [4.78, 5) is 6.95. The van der Waals surface area contributed by atoms with E-state index in [0.717, 1.165) is 30.0 Å². The molecule has 37 heavy (non-hydrogen) atoms. The highest BCUT2D eigenvalue weighted by Gasteiger charge is 2.31. The van der Waals surface area contributed by atoms with Crippen LogP contribution in [-0.4, -0.2) is 52.2 Å².